The number of fused-ring (bicyclic) bond motifs is 1. The van der Waals surface area contributed by atoms with Gasteiger partial charge in [0.15, 0.2) is 6.10 Å². The van der Waals surface area contributed by atoms with E-state index in [0.29, 0.717) is 0 Å². The number of hydrogen-bond donors (Lipinski definition) is 0. The van der Waals surface area contributed by atoms with Crippen molar-refractivity contribution in [3.8, 4) is 0 Å². The molecule has 0 aromatic rings. The Labute approximate surface area is 121 Å². The molecule has 3 heterocycles. The Morgan fingerprint density at radius 1 is 1.33 bits per heavy atom. The fourth-order valence-electron chi connectivity index (χ4n) is 3.18. The van der Waals surface area contributed by atoms with E-state index in [1.54, 1.807) is 0 Å². The van der Waals surface area contributed by atoms with Crippen LogP contribution in [0.3, 0.4) is 0 Å². The molecule has 116 valence electrons. The van der Waals surface area contributed by atoms with Crippen LogP contribution >= 0.6 is 0 Å². The average molecular weight is 318 g/mol. The molecule has 5 unspecified atom stereocenters. The molecule has 0 aliphatic carbocycles. The first kappa shape index (κ1) is 14.5. The van der Waals surface area contributed by atoms with Crippen LogP contribution in [-0.4, -0.2) is 56.6 Å². The molecule has 8 nitrogen and oxygen atoms in total. The lowest BCUT2D eigenvalue weighted by Crippen LogP contribution is -2.61. The maximum Gasteiger partial charge on any atom is 0.336 e. The summed E-state index contributed by atoms with van der Waals surface area (Å²) < 4.78 is 42.8. The van der Waals surface area contributed by atoms with Crippen molar-refractivity contribution < 1.29 is 36.4 Å². The molecule has 0 saturated carbocycles. The third-order valence-corrected chi connectivity index (χ3v) is 6.02. The molecular formula is C12H14O8S. The van der Waals surface area contributed by atoms with Gasteiger partial charge < -0.3 is 14.2 Å². The fraction of sp³-hybridized carbons (Fsp3) is 0.667. The van der Waals surface area contributed by atoms with Gasteiger partial charge in [-0.1, -0.05) is 6.58 Å². The number of carbonyl (C=O) groups is 2. The summed E-state index contributed by atoms with van der Waals surface area (Å²) in [6, 6.07) is 0. The topological polar surface area (TPSA) is 105 Å². The number of methoxy groups -OCH3 is 1. The normalized spacial score (nSPS) is 41.8. The van der Waals surface area contributed by atoms with E-state index in [4.69, 9.17) is 13.7 Å². The Morgan fingerprint density at radius 2 is 2.00 bits per heavy atom. The van der Waals surface area contributed by atoms with Crippen LogP contribution in [0.5, 0.6) is 0 Å². The smallest absolute Gasteiger partial charge is 0.336 e. The molecule has 21 heavy (non-hydrogen) atoms. The Kier molecular flexibility index (Phi) is 2.95. The first-order valence-corrected chi connectivity index (χ1v) is 7.69. The molecule has 5 atom stereocenters. The molecule has 0 radical (unpaired) electrons. The zero-order valence-electron chi connectivity index (χ0n) is 11.4. The van der Waals surface area contributed by atoms with Gasteiger partial charge in [0.2, 0.25) is 0 Å². The van der Waals surface area contributed by atoms with Crippen LogP contribution in [0.15, 0.2) is 12.2 Å². The highest BCUT2D eigenvalue weighted by Crippen LogP contribution is 2.55. The van der Waals surface area contributed by atoms with Crippen LogP contribution in [0.2, 0.25) is 0 Å². The first-order chi connectivity index (χ1) is 9.75. The van der Waals surface area contributed by atoms with E-state index < -0.39 is 51.2 Å². The predicted molar refractivity (Wildman–Crippen MR) is 66.5 cm³/mol. The second kappa shape index (κ2) is 4.28. The average Bonchev–Trinajstić information content (AvgIpc) is 2.97. The number of ether oxygens (including phenoxy) is 3. The number of esters is 2. The van der Waals surface area contributed by atoms with Crippen molar-refractivity contribution in [2.24, 2.45) is 0 Å². The number of rotatable bonds is 3. The zero-order chi connectivity index (χ0) is 15.6. The summed E-state index contributed by atoms with van der Waals surface area (Å²) in [5.41, 5.74) is 0.0886. The van der Waals surface area contributed by atoms with Gasteiger partial charge in [-0.25, -0.2) is 9.59 Å². The largest absolute Gasteiger partial charge is 0.468 e. The molecule has 0 spiro atoms. The summed E-state index contributed by atoms with van der Waals surface area (Å²) in [4.78, 5) is 23.9. The highest BCUT2D eigenvalue weighted by atomic mass is 32.2. The fourth-order valence-corrected chi connectivity index (χ4v) is 5.11. The third-order valence-electron chi connectivity index (χ3n) is 4.06. The quantitative estimate of drug-likeness (QED) is 0.381. The molecule has 0 aromatic heterocycles. The van der Waals surface area contributed by atoms with Gasteiger partial charge in [-0.3, -0.25) is 4.18 Å². The van der Waals surface area contributed by atoms with Crippen molar-refractivity contribution in [2.75, 3.05) is 7.11 Å². The van der Waals surface area contributed by atoms with E-state index in [2.05, 4.69) is 11.3 Å². The summed E-state index contributed by atoms with van der Waals surface area (Å²) in [5.74, 6) is -1.84. The molecular weight excluding hydrogens is 304 g/mol. The van der Waals surface area contributed by atoms with E-state index in [9.17, 15) is 18.0 Å². The molecule has 3 rings (SSSR count). The predicted octanol–water partition coefficient (Wildman–Crippen LogP) is -0.714. The Bertz CT molecular complexity index is 638. The summed E-state index contributed by atoms with van der Waals surface area (Å²) >= 11 is 0. The summed E-state index contributed by atoms with van der Waals surface area (Å²) in [5, 5.41) is 0. The van der Waals surface area contributed by atoms with Gasteiger partial charge in [0.05, 0.1) is 7.11 Å². The Hall–Kier alpha value is -1.45. The third kappa shape index (κ3) is 1.59. The highest BCUT2D eigenvalue weighted by Gasteiger charge is 2.82. The van der Waals surface area contributed by atoms with Crippen LogP contribution in [0.1, 0.15) is 13.3 Å². The molecule has 0 N–H and O–H groups in total. The van der Waals surface area contributed by atoms with E-state index in [0.717, 1.165) is 7.11 Å². The van der Waals surface area contributed by atoms with Gasteiger partial charge in [-0.15, -0.1) is 0 Å². The summed E-state index contributed by atoms with van der Waals surface area (Å²) in [6.07, 6.45) is -3.57. The second-order valence-electron chi connectivity index (χ2n) is 5.31. The minimum absolute atomic E-state index is 0.0886. The maximum absolute atomic E-state index is 12.3. The standard InChI is InChI=1S/C12H14O8S/c1-5(2)10(13)19-8-6-4-7-9(18-6)12(8,11(14)17-3)21(15,16)20-7/h6-9H,1,4H2,2-3H3. The molecule has 3 aliphatic heterocycles. The van der Waals surface area contributed by atoms with Gasteiger partial charge in [0.1, 0.15) is 18.3 Å². The van der Waals surface area contributed by atoms with Crippen molar-refractivity contribution in [1.82, 2.24) is 0 Å². The summed E-state index contributed by atoms with van der Waals surface area (Å²) in [6.45, 7) is 4.85. The Balaban J connectivity index is 2.09. The van der Waals surface area contributed by atoms with Crippen LogP contribution in [-0.2, 0) is 38.1 Å². The molecule has 0 amide bonds. The Morgan fingerprint density at radius 3 is 2.57 bits per heavy atom. The van der Waals surface area contributed by atoms with Gasteiger partial charge in [-0.05, 0) is 6.92 Å². The molecule has 9 heteroatoms. The van der Waals surface area contributed by atoms with Crippen LogP contribution in [0, 0.1) is 0 Å². The summed E-state index contributed by atoms with van der Waals surface area (Å²) in [7, 11) is -3.27. The minimum Gasteiger partial charge on any atom is -0.468 e. The zero-order valence-corrected chi connectivity index (χ0v) is 12.2. The van der Waals surface area contributed by atoms with Crippen LogP contribution < -0.4 is 0 Å². The van der Waals surface area contributed by atoms with Crippen LogP contribution in [0.25, 0.3) is 0 Å². The van der Waals surface area contributed by atoms with Gasteiger partial charge in [0, 0.05) is 12.0 Å². The monoisotopic (exact) mass is 318 g/mol. The lowest BCUT2D eigenvalue weighted by molar-refractivity contribution is -0.155. The number of carbonyl (C=O) groups excluding carboxylic acids is 2. The van der Waals surface area contributed by atoms with Crippen molar-refractivity contribution in [1.29, 1.82) is 0 Å². The van der Waals surface area contributed by atoms with Crippen molar-refractivity contribution in [3.05, 3.63) is 12.2 Å². The van der Waals surface area contributed by atoms with E-state index >= 15 is 0 Å². The molecule has 3 saturated heterocycles. The van der Waals surface area contributed by atoms with Gasteiger partial charge in [0.25, 0.3) is 14.9 Å². The van der Waals surface area contributed by atoms with Crippen molar-refractivity contribution >= 4 is 22.1 Å². The highest BCUT2D eigenvalue weighted by molar-refractivity contribution is 7.89. The first-order valence-electron chi connectivity index (χ1n) is 6.29. The van der Waals surface area contributed by atoms with Gasteiger partial charge >= 0.3 is 11.9 Å². The molecule has 0 aromatic carbocycles. The van der Waals surface area contributed by atoms with E-state index in [1.807, 2.05) is 0 Å². The molecule has 2 bridgehead atoms. The van der Waals surface area contributed by atoms with E-state index in [1.165, 1.54) is 6.92 Å². The van der Waals surface area contributed by atoms with Crippen LogP contribution in [0.4, 0.5) is 0 Å². The molecule has 3 aliphatic rings. The lowest BCUT2D eigenvalue weighted by atomic mass is 9.83. The van der Waals surface area contributed by atoms with Gasteiger partial charge in [-0.2, -0.15) is 8.42 Å². The maximum atomic E-state index is 12.3. The van der Waals surface area contributed by atoms with Crippen molar-refractivity contribution in [3.63, 3.8) is 0 Å². The van der Waals surface area contributed by atoms with E-state index in [-0.39, 0.29) is 12.0 Å². The second-order valence-corrected chi connectivity index (χ2v) is 7.09. The SMILES string of the molecule is C=C(C)C(=O)OC1C2CC3OS(=O)(=O)C1(C(=O)OC)C3O2. The molecule has 3 fully saturated rings. The minimum atomic E-state index is -4.33. The number of hydrogen-bond acceptors (Lipinski definition) is 8. The van der Waals surface area contributed by atoms with Crippen molar-refractivity contribution in [2.45, 2.75) is 42.5 Å². The lowest BCUT2D eigenvalue weighted by Gasteiger charge is -2.30.